The van der Waals surface area contributed by atoms with Crippen molar-refractivity contribution in [2.24, 2.45) is 11.8 Å². The molecule has 0 aliphatic heterocycles. The van der Waals surface area contributed by atoms with E-state index < -0.39 is 0 Å². The van der Waals surface area contributed by atoms with Crippen molar-refractivity contribution in [3.05, 3.63) is 35.9 Å². The van der Waals surface area contributed by atoms with Crippen LogP contribution in [0.25, 0.3) is 0 Å². The molecule has 0 fully saturated rings. The molecule has 0 spiro atoms. The first-order chi connectivity index (χ1) is 9.27. The standard InChI is InChI=1S/C17H29NO/c1-4-8-15(2)17(14-18-11-12-19-3)13-16-9-6-5-7-10-16/h5-7,9-10,15,17-18H,4,8,11-14H2,1-3H3. The van der Waals surface area contributed by atoms with E-state index in [2.05, 4.69) is 49.5 Å². The fourth-order valence-corrected chi connectivity index (χ4v) is 2.54. The van der Waals surface area contributed by atoms with Gasteiger partial charge in [-0.1, -0.05) is 57.0 Å². The van der Waals surface area contributed by atoms with Crippen LogP contribution in [0.5, 0.6) is 0 Å². The molecule has 0 saturated heterocycles. The summed E-state index contributed by atoms with van der Waals surface area (Å²) >= 11 is 0. The molecule has 108 valence electrons. The van der Waals surface area contributed by atoms with Gasteiger partial charge in [0, 0.05) is 13.7 Å². The van der Waals surface area contributed by atoms with Gasteiger partial charge >= 0.3 is 0 Å². The normalized spacial score (nSPS) is 14.3. The monoisotopic (exact) mass is 263 g/mol. The van der Waals surface area contributed by atoms with Crippen molar-refractivity contribution >= 4 is 0 Å². The summed E-state index contributed by atoms with van der Waals surface area (Å²) < 4.78 is 5.09. The molecule has 0 aliphatic carbocycles. The molecule has 2 nitrogen and oxygen atoms in total. The Kier molecular flexibility index (Phi) is 8.52. The first kappa shape index (κ1) is 16.2. The minimum Gasteiger partial charge on any atom is -0.383 e. The maximum absolute atomic E-state index is 5.09. The summed E-state index contributed by atoms with van der Waals surface area (Å²) in [6.07, 6.45) is 3.75. The van der Waals surface area contributed by atoms with Crippen LogP contribution in [-0.2, 0) is 11.2 Å². The summed E-state index contributed by atoms with van der Waals surface area (Å²) in [4.78, 5) is 0. The Morgan fingerprint density at radius 1 is 1.21 bits per heavy atom. The van der Waals surface area contributed by atoms with Gasteiger partial charge in [0.25, 0.3) is 0 Å². The lowest BCUT2D eigenvalue weighted by molar-refractivity contribution is 0.195. The van der Waals surface area contributed by atoms with E-state index in [0.717, 1.165) is 25.6 Å². The van der Waals surface area contributed by atoms with Crippen LogP contribution >= 0.6 is 0 Å². The maximum Gasteiger partial charge on any atom is 0.0587 e. The van der Waals surface area contributed by atoms with Crippen LogP contribution in [0.4, 0.5) is 0 Å². The second kappa shape index (κ2) is 9.99. The summed E-state index contributed by atoms with van der Waals surface area (Å²) in [6.45, 7) is 7.48. The third kappa shape index (κ3) is 6.74. The van der Waals surface area contributed by atoms with Crippen molar-refractivity contribution in [2.75, 3.05) is 26.8 Å². The molecule has 0 heterocycles. The molecule has 1 aromatic carbocycles. The zero-order valence-corrected chi connectivity index (χ0v) is 12.7. The van der Waals surface area contributed by atoms with Gasteiger partial charge in [-0.05, 0) is 30.4 Å². The second-order valence-electron chi connectivity index (χ2n) is 5.41. The molecule has 1 N–H and O–H groups in total. The van der Waals surface area contributed by atoms with E-state index in [4.69, 9.17) is 4.74 Å². The minimum atomic E-state index is 0.708. The highest BCUT2D eigenvalue weighted by atomic mass is 16.5. The van der Waals surface area contributed by atoms with Crippen LogP contribution in [0.1, 0.15) is 32.3 Å². The molecule has 2 unspecified atom stereocenters. The smallest absolute Gasteiger partial charge is 0.0587 e. The van der Waals surface area contributed by atoms with E-state index in [9.17, 15) is 0 Å². The minimum absolute atomic E-state index is 0.708. The van der Waals surface area contributed by atoms with Gasteiger partial charge in [-0.15, -0.1) is 0 Å². The predicted molar refractivity (Wildman–Crippen MR) is 82.5 cm³/mol. The van der Waals surface area contributed by atoms with Gasteiger partial charge in [-0.2, -0.15) is 0 Å². The Balaban J connectivity index is 2.48. The number of nitrogens with one attached hydrogen (secondary N) is 1. The van der Waals surface area contributed by atoms with Crippen LogP contribution in [-0.4, -0.2) is 26.8 Å². The van der Waals surface area contributed by atoms with Crippen molar-refractivity contribution in [3.8, 4) is 0 Å². The van der Waals surface area contributed by atoms with E-state index in [0.29, 0.717) is 5.92 Å². The first-order valence-electron chi connectivity index (χ1n) is 7.51. The zero-order chi connectivity index (χ0) is 13.9. The van der Waals surface area contributed by atoms with E-state index >= 15 is 0 Å². The van der Waals surface area contributed by atoms with Gasteiger partial charge in [-0.25, -0.2) is 0 Å². The lowest BCUT2D eigenvalue weighted by Gasteiger charge is -2.24. The van der Waals surface area contributed by atoms with Gasteiger partial charge < -0.3 is 10.1 Å². The average molecular weight is 263 g/mol. The molecule has 0 aromatic heterocycles. The highest BCUT2D eigenvalue weighted by molar-refractivity contribution is 5.15. The van der Waals surface area contributed by atoms with Crippen molar-refractivity contribution < 1.29 is 4.74 Å². The number of methoxy groups -OCH3 is 1. The number of benzene rings is 1. The van der Waals surface area contributed by atoms with Crippen molar-refractivity contribution in [3.63, 3.8) is 0 Å². The van der Waals surface area contributed by atoms with Gasteiger partial charge in [0.05, 0.1) is 6.61 Å². The maximum atomic E-state index is 5.09. The number of ether oxygens (including phenoxy) is 1. The summed E-state index contributed by atoms with van der Waals surface area (Å²) in [5, 5.41) is 3.52. The van der Waals surface area contributed by atoms with E-state index in [1.807, 2.05) is 0 Å². The molecule has 1 aromatic rings. The van der Waals surface area contributed by atoms with Crippen LogP contribution < -0.4 is 5.32 Å². The molecule has 1 rings (SSSR count). The zero-order valence-electron chi connectivity index (χ0n) is 12.7. The van der Waals surface area contributed by atoms with Crippen molar-refractivity contribution in [2.45, 2.75) is 33.1 Å². The topological polar surface area (TPSA) is 21.3 Å². The number of hydrogen-bond donors (Lipinski definition) is 1. The molecule has 2 atom stereocenters. The summed E-state index contributed by atoms with van der Waals surface area (Å²) in [7, 11) is 1.75. The molecular formula is C17H29NO. The predicted octanol–water partition coefficient (Wildman–Crippen LogP) is 3.52. The molecule has 0 saturated carbocycles. The Hall–Kier alpha value is -0.860. The van der Waals surface area contributed by atoms with E-state index in [1.165, 1.54) is 24.8 Å². The van der Waals surface area contributed by atoms with E-state index in [-0.39, 0.29) is 0 Å². The SMILES string of the molecule is CCCC(C)C(CNCCOC)Cc1ccccc1. The Morgan fingerprint density at radius 2 is 1.95 bits per heavy atom. The molecule has 0 radical (unpaired) electrons. The summed E-state index contributed by atoms with van der Waals surface area (Å²) in [5.74, 6) is 1.47. The fourth-order valence-electron chi connectivity index (χ4n) is 2.54. The third-order valence-electron chi connectivity index (χ3n) is 3.78. The van der Waals surface area contributed by atoms with E-state index in [1.54, 1.807) is 7.11 Å². The van der Waals surface area contributed by atoms with Crippen molar-refractivity contribution in [1.29, 1.82) is 0 Å². The Labute approximate surface area is 118 Å². The van der Waals surface area contributed by atoms with Gasteiger partial charge in [0.15, 0.2) is 0 Å². The summed E-state index contributed by atoms with van der Waals surface area (Å²) in [5.41, 5.74) is 1.45. The molecule has 0 bridgehead atoms. The average Bonchev–Trinajstić information content (AvgIpc) is 2.43. The molecular weight excluding hydrogens is 234 g/mol. The van der Waals surface area contributed by atoms with Crippen molar-refractivity contribution in [1.82, 2.24) is 5.32 Å². The fraction of sp³-hybridized carbons (Fsp3) is 0.647. The third-order valence-corrected chi connectivity index (χ3v) is 3.78. The van der Waals surface area contributed by atoms with Crippen LogP contribution in [0.3, 0.4) is 0 Å². The van der Waals surface area contributed by atoms with Gasteiger partial charge in [0.2, 0.25) is 0 Å². The molecule has 0 amide bonds. The Morgan fingerprint density at radius 3 is 2.58 bits per heavy atom. The lowest BCUT2D eigenvalue weighted by atomic mass is 9.85. The highest BCUT2D eigenvalue weighted by Crippen LogP contribution is 2.21. The number of rotatable bonds is 10. The van der Waals surface area contributed by atoms with Crippen LogP contribution in [0, 0.1) is 11.8 Å². The van der Waals surface area contributed by atoms with Crippen LogP contribution in [0.15, 0.2) is 30.3 Å². The first-order valence-corrected chi connectivity index (χ1v) is 7.51. The van der Waals surface area contributed by atoms with Gasteiger partial charge in [-0.3, -0.25) is 0 Å². The lowest BCUT2D eigenvalue weighted by Crippen LogP contribution is -2.31. The highest BCUT2D eigenvalue weighted by Gasteiger charge is 2.16. The quantitative estimate of drug-likeness (QED) is 0.652. The second-order valence-corrected chi connectivity index (χ2v) is 5.41. The summed E-state index contributed by atoms with van der Waals surface area (Å²) in [6, 6.07) is 10.8. The Bertz CT molecular complexity index is 312. The van der Waals surface area contributed by atoms with Gasteiger partial charge in [0.1, 0.15) is 0 Å². The largest absolute Gasteiger partial charge is 0.383 e. The van der Waals surface area contributed by atoms with Crippen LogP contribution in [0.2, 0.25) is 0 Å². The molecule has 0 aliphatic rings. The molecule has 2 heteroatoms. The molecule has 19 heavy (non-hydrogen) atoms. The number of hydrogen-bond acceptors (Lipinski definition) is 2.